The molecule has 1 fully saturated rings. The smallest absolute Gasteiger partial charge is 0.188 e. The van der Waals surface area contributed by atoms with Gasteiger partial charge in [-0.25, -0.2) is 0 Å². The van der Waals surface area contributed by atoms with Crippen LogP contribution in [0.25, 0.3) is 0 Å². The van der Waals surface area contributed by atoms with E-state index in [0.717, 1.165) is 13.0 Å². The first kappa shape index (κ1) is 10.4. The van der Waals surface area contributed by atoms with Crippen molar-refractivity contribution in [2.75, 3.05) is 6.54 Å². The van der Waals surface area contributed by atoms with Gasteiger partial charge in [0.1, 0.15) is 0 Å². The Bertz CT molecular complexity index is 193. The Labute approximate surface area is 80.8 Å². The summed E-state index contributed by atoms with van der Waals surface area (Å²) >= 11 is 0. The van der Waals surface area contributed by atoms with Gasteiger partial charge in [0.15, 0.2) is 5.96 Å². The highest BCUT2D eigenvalue weighted by atomic mass is 15.3. The average molecular weight is 183 g/mol. The summed E-state index contributed by atoms with van der Waals surface area (Å²) in [6.45, 7) is 7.69. The maximum Gasteiger partial charge on any atom is 0.188 e. The van der Waals surface area contributed by atoms with Gasteiger partial charge in [0.05, 0.1) is 0 Å². The SMILES string of the molecule is CC(C)(C)CC1CCCN1C(=N)N. The molecule has 1 rings (SSSR count). The molecule has 13 heavy (non-hydrogen) atoms. The van der Waals surface area contributed by atoms with Crippen molar-refractivity contribution in [3.8, 4) is 0 Å². The van der Waals surface area contributed by atoms with Crippen LogP contribution in [0.2, 0.25) is 0 Å². The van der Waals surface area contributed by atoms with Crippen LogP contribution in [-0.4, -0.2) is 23.4 Å². The molecule has 0 saturated carbocycles. The first-order valence-electron chi connectivity index (χ1n) is 5.01. The van der Waals surface area contributed by atoms with Gasteiger partial charge in [-0.1, -0.05) is 20.8 Å². The van der Waals surface area contributed by atoms with Gasteiger partial charge in [-0.05, 0) is 24.7 Å². The number of likely N-dealkylation sites (tertiary alicyclic amines) is 1. The van der Waals surface area contributed by atoms with E-state index in [1.807, 2.05) is 4.90 Å². The molecule has 1 unspecified atom stereocenters. The standard InChI is InChI=1S/C10H21N3/c1-10(2,3)7-8-5-4-6-13(8)9(11)12/h8H,4-7H2,1-3H3,(H3,11,12). The molecule has 76 valence electrons. The lowest BCUT2D eigenvalue weighted by atomic mass is 9.87. The summed E-state index contributed by atoms with van der Waals surface area (Å²) < 4.78 is 0. The fraction of sp³-hybridized carbons (Fsp3) is 0.900. The first-order chi connectivity index (χ1) is 5.90. The minimum Gasteiger partial charge on any atom is -0.370 e. The highest BCUT2D eigenvalue weighted by molar-refractivity contribution is 5.75. The summed E-state index contributed by atoms with van der Waals surface area (Å²) in [6, 6.07) is 0.498. The molecule has 0 radical (unpaired) electrons. The summed E-state index contributed by atoms with van der Waals surface area (Å²) in [5.74, 6) is 0.242. The van der Waals surface area contributed by atoms with Crippen LogP contribution in [0.5, 0.6) is 0 Å². The summed E-state index contributed by atoms with van der Waals surface area (Å²) in [7, 11) is 0. The largest absolute Gasteiger partial charge is 0.370 e. The second-order valence-corrected chi connectivity index (χ2v) is 5.14. The van der Waals surface area contributed by atoms with Crippen LogP contribution >= 0.6 is 0 Å². The van der Waals surface area contributed by atoms with E-state index in [-0.39, 0.29) is 5.96 Å². The van der Waals surface area contributed by atoms with E-state index < -0.39 is 0 Å². The molecule has 1 aliphatic heterocycles. The minimum atomic E-state index is 0.242. The Kier molecular flexibility index (Phi) is 2.84. The maximum absolute atomic E-state index is 7.43. The van der Waals surface area contributed by atoms with Gasteiger partial charge in [-0.2, -0.15) is 0 Å². The zero-order valence-corrected chi connectivity index (χ0v) is 8.93. The Morgan fingerprint density at radius 1 is 1.54 bits per heavy atom. The predicted octanol–water partition coefficient (Wildman–Crippen LogP) is 1.78. The summed E-state index contributed by atoms with van der Waals surface area (Å²) in [4.78, 5) is 2.03. The number of rotatable bonds is 1. The number of nitrogens with one attached hydrogen (secondary N) is 1. The minimum absolute atomic E-state index is 0.242. The molecule has 3 nitrogen and oxygen atoms in total. The van der Waals surface area contributed by atoms with E-state index in [0.29, 0.717) is 11.5 Å². The molecule has 1 heterocycles. The molecule has 1 saturated heterocycles. The van der Waals surface area contributed by atoms with E-state index >= 15 is 0 Å². The van der Waals surface area contributed by atoms with E-state index in [9.17, 15) is 0 Å². The summed E-state index contributed by atoms with van der Waals surface area (Å²) in [5, 5.41) is 7.43. The molecule has 1 atom stereocenters. The Morgan fingerprint density at radius 3 is 2.62 bits per heavy atom. The van der Waals surface area contributed by atoms with Crippen molar-refractivity contribution in [2.45, 2.75) is 46.1 Å². The van der Waals surface area contributed by atoms with Crippen LogP contribution in [-0.2, 0) is 0 Å². The quantitative estimate of drug-likeness (QED) is 0.481. The van der Waals surface area contributed by atoms with Crippen LogP contribution in [0.1, 0.15) is 40.0 Å². The van der Waals surface area contributed by atoms with Crippen molar-refractivity contribution >= 4 is 5.96 Å². The van der Waals surface area contributed by atoms with Gasteiger partial charge in [0, 0.05) is 12.6 Å². The van der Waals surface area contributed by atoms with Gasteiger partial charge in [-0.3, -0.25) is 5.41 Å². The third-order valence-corrected chi connectivity index (χ3v) is 2.53. The number of hydrogen-bond acceptors (Lipinski definition) is 1. The van der Waals surface area contributed by atoms with Crippen molar-refractivity contribution in [3.05, 3.63) is 0 Å². The molecule has 0 aromatic heterocycles. The maximum atomic E-state index is 7.43. The van der Waals surface area contributed by atoms with Crippen molar-refractivity contribution in [1.29, 1.82) is 5.41 Å². The van der Waals surface area contributed by atoms with Crippen LogP contribution in [0.3, 0.4) is 0 Å². The van der Waals surface area contributed by atoms with Crippen LogP contribution < -0.4 is 5.73 Å². The van der Waals surface area contributed by atoms with E-state index in [1.165, 1.54) is 12.8 Å². The fourth-order valence-corrected chi connectivity index (χ4v) is 2.07. The third-order valence-electron chi connectivity index (χ3n) is 2.53. The topological polar surface area (TPSA) is 53.1 Å². The fourth-order valence-electron chi connectivity index (χ4n) is 2.07. The second-order valence-electron chi connectivity index (χ2n) is 5.14. The molecule has 0 aromatic rings. The monoisotopic (exact) mass is 183 g/mol. The second kappa shape index (κ2) is 3.56. The third kappa shape index (κ3) is 2.90. The zero-order valence-electron chi connectivity index (χ0n) is 8.93. The average Bonchev–Trinajstić information content (AvgIpc) is 2.31. The Balaban J connectivity index is 2.54. The van der Waals surface area contributed by atoms with Gasteiger partial charge in [0.2, 0.25) is 0 Å². The number of hydrogen-bond donors (Lipinski definition) is 2. The Morgan fingerprint density at radius 2 is 2.15 bits per heavy atom. The molecule has 3 heteroatoms. The van der Waals surface area contributed by atoms with Crippen LogP contribution in [0.15, 0.2) is 0 Å². The summed E-state index contributed by atoms with van der Waals surface area (Å²) in [6.07, 6.45) is 3.50. The normalized spacial score (nSPS) is 23.6. The molecule has 0 bridgehead atoms. The van der Waals surface area contributed by atoms with Gasteiger partial charge in [0.25, 0.3) is 0 Å². The zero-order chi connectivity index (χ0) is 10.1. The van der Waals surface area contributed by atoms with Crippen molar-refractivity contribution < 1.29 is 0 Å². The predicted molar refractivity (Wildman–Crippen MR) is 55.7 cm³/mol. The molecule has 0 amide bonds. The summed E-state index contributed by atoms with van der Waals surface area (Å²) in [5.41, 5.74) is 5.85. The van der Waals surface area contributed by atoms with Gasteiger partial charge in [-0.15, -0.1) is 0 Å². The van der Waals surface area contributed by atoms with Crippen LogP contribution in [0, 0.1) is 10.8 Å². The molecular weight excluding hydrogens is 162 g/mol. The van der Waals surface area contributed by atoms with Gasteiger partial charge >= 0.3 is 0 Å². The number of guanidine groups is 1. The van der Waals surface area contributed by atoms with Crippen molar-refractivity contribution in [2.24, 2.45) is 11.1 Å². The molecular formula is C10H21N3. The molecule has 0 spiro atoms. The van der Waals surface area contributed by atoms with E-state index in [2.05, 4.69) is 20.8 Å². The van der Waals surface area contributed by atoms with Crippen molar-refractivity contribution in [1.82, 2.24) is 4.90 Å². The van der Waals surface area contributed by atoms with E-state index in [4.69, 9.17) is 11.1 Å². The molecule has 0 aliphatic carbocycles. The lowest BCUT2D eigenvalue weighted by Gasteiger charge is -2.30. The van der Waals surface area contributed by atoms with E-state index in [1.54, 1.807) is 0 Å². The lowest BCUT2D eigenvalue weighted by Crippen LogP contribution is -2.41. The molecule has 0 aromatic carbocycles. The van der Waals surface area contributed by atoms with Gasteiger partial charge < -0.3 is 10.6 Å². The number of nitrogens with two attached hydrogens (primary N) is 1. The Hall–Kier alpha value is -0.730. The molecule has 1 aliphatic rings. The molecule has 3 N–H and O–H groups in total. The highest BCUT2D eigenvalue weighted by Crippen LogP contribution is 2.29. The van der Waals surface area contributed by atoms with Crippen LogP contribution in [0.4, 0.5) is 0 Å². The lowest BCUT2D eigenvalue weighted by molar-refractivity contribution is 0.259. The van der Waals surface area contributed by atoms with Crippen molar-refractivity contribution in [3.63, 3.8) is 0 Å². The highest BCUT2D eigenvalue weighted by Gasteiger charge is 2.29. The first-order valence-corrected chi connectivity index (χ1v) is 5.01. The number of nitrogens with zero attached hydrogens (tertiary/aromatic N) is 1.